The first-order valence-electron chi connectivity index (χ1n) is 7.51. The van der Waals surface area contributed by atoms with Crippen LogP contribution in [0.5, 0.6) is 0 Å². The van der Waals surface area contributed by atoms with Crippen molar-refractivity contribution in [2.75, 3.05) is 27.4 Å². The van der Waals surface area contributed by atoms with Crippen molar-refractivity contribution >= 4 is 30.0 Å². The van der Waals surface area contributed by atoms with Crippen molar-refractivity contribution < 1.29 is 19.0 Å². The highest BCUT2D eigenvalue weighted by Gasteiger charge is 2.49. The fourth-order valence-corrected chi connectivity index (χ4v) is 6.95. The molecule has 0 unspecified atom stereocenters. The number of hydrogen-bond acceptors (Lipinski definition) is 4. The molecule has 0 spiro atoms. The smallest absolute Gasteiger partial charge is 0.302 e. The lowest BCUT2D eigenvalue weighted by atomic mass is 9.77. The summed E-state index contributed by atoms with van der Waals surface area (Å²) < 4.78 is 16.6. The molecule has 0 aliphatic heterocycles. The van der Waals surface area contributed by atoms with E-state index >= 15 is 0 Å². The van der Waals surface area contributed by atoms with Crippen LogP contribution in [0.4, 0.5) is 0 Å². The van der Waals surface area contributed by atoms with E-state index in [0.29, 0.717) is 29.5 Å². The van der Waals surface area contributed by atoms with Crippen molar-refractivity contribution in [2.24, 2.45) is 11.8 Å². The van der Waals surface area contributed by atoms with Gasteiger partial charge in [0, 0.05) is 37.8 Å². The summed E-state index contributed by atoms with van der Waals surface area (Å²) in [5.41, 5.74) is 0.430. The molecule has 0 aromatic rings. The van der Waals surface area contributed by atoms with Gasteiger partial charge in [0.2, 0.25) is 0 Å². The third-order valence-corrected chi connectivity index (χ3v) is 8.29. The molecule has 0 N–H and O–H groups in total. The summed E-state index contributed by atoms with van der Waals surface area (Å²) in [4.78, 5) is 12.0. The highest BCUT2D eigenvalue weighted by molar-refractivity contribution is 9.09. The van der Waals surface area contributed by atoms with Crippen molar-refractivity contribution in [1.29, 1.82) is 0 Å². The highest BCUT2D eigenvalue weighted by Crippen LogP contribution is 2.47. The quantitative estimate of drug-likeness (QED) is 0.402. The standard InChI is InChI=1S/C15H29BrO4Si/c1-10(17)20-15-12(9-19-3)11(8-18-2)13(16)7-14(15)21(4,5)6/h11-15H,7-9H2,1-6H3/t11-,12+,13-,14-,15+/m0/s1. The lowest BCUT2D eigenvalue weighted by Crippen LogP contribution is -2.53. The monoisotopic (exact) mass is 380 g/mol. The summed E-state index contributed by atoms with van der Waals surface area (Å²) in [6, 6.07) is 0. The van der Waals surface area contributed by atoms with Crippen molar-refractivity contribution in [3.05, 3.63) is 0 Å². The zero-order valence-corrected chi connectivity index (χ0v) is 16.6. The first-order valence-corrected chi connectivity index (χ1v) is 12.0. The van der Waals surface area contributed by atoms with E-state index in [0.717, 1.165) is 6.42 Å². The second-order valence-electron chi connectivity index (χ2n) is 7.04. The van der Waals surface area contributed by atoms with E-state index < -0.39 is 8.07 Å². The van der Waals surface area contributed by atoms with Gasteiger partial charge in [0.05, 0.1) is 21.3 Å². The predicted octanol–water partition coefficient (Wildman–Crippen LogP) is 3.32. The van der Waals surface area contributed by atoms with E-state index in [9.17, 15) is 4.79 Å². The SMILES string of the molecule is COC[C@@H]1[C@H](COC)[C@@H](Br)C[C@H]([Si](C)(C)C)[C@@H]1OC(C)=O. The minimum Gasteiger partial charge on any atom is -0.462 e. The first-order chi connectivity index (χ1) is 9.72. The number of alkyl halides is 1. The summed E-state index contributed by atoms with van der Waals surface area (Å²) in [5.74, 6) is 0.272. The van der Waals surface area contributed by atoms with E-state index in [1.807, 2.05) is 0 Å². The Morgan fingerprint density at radius 2 is 1.67 bits per heavy atom. The number of carbonyl (C=O) groups is 1. The molecule has 1 aliphatic rings. The van der Waals surface area contributed by atoms with E-state index in [-0.39, 0.29) is 18.0 Å². The summed E-state index contributed by atoms with van der Waals surface area (Å²) in [6.45, 7) is 9.77. The molecule has 1 saturated carbocycles. The Hall–Kier alpha value is 0.0869. The van der Waals surface area contributed by atoms with Gasteiger partial charge in [0.15, 0.2) is 0 Å². The molecule has 4 nitrogen and oxygen atoms in total. The van der Waals surface area contributed by atoms with Crippen LogP contribution >= 0.6 is 15.9 Å². The Kier molecular flexibility index (Phi) is 7.37. The Morgan fingerprint density at radius 1 is 1.14 bits per heavy atom. The lowest BCUT2D eigenvalue weighted by molar-refractivity contribution is -0.155. The summed E-state index contributed by atoms with van der Waals surface area (Å²) in [6.07, 6.45) is 0.963. The van der Waals surface area contributed by atoms with E-state index in [1.54, 1.807) is 14.2 Å². The third-order valence-electron chi connectivity index (χ3n) is 4.44. The van der Waals surface area contributed by atoms with Gasteiger partial charge in [-0.25, -0.2) is 0 Å². The zero-order valence-electron chi connectivity index (χ0n) is 14.0. The average Bonchev–Trinajstić information content (AvgIpc) is 2.35. The van der Waals surface area contributed by atoms with Crippen molar-refractivity contribution in [2.45, 2.75) is 49.5 Å². The summed E-state index contributed by atoms with van der Waals surface area (Å²) in [5, 5.41) is 0. The lowest BCUT2D eigenvalue weighted by Gasteiger charge is -2.48. The van der Waals surface area contributed by atoms with Crippen LogP contribution in [0.15, 0.2) is 0 Å². The molecule has 0 heterocycles. The normalized spacial score (nSPS) is 33.8. The molecule has 124 valence electrons. The van der Waals surface area contributed by atoms with Crippen molar-refractivity contribution in [3.8, 4) is 0 Å². The van der Waals surface area contributed by atoms with Gasteiger partial charge in [-0.3, -0.25) is 4.79 Å². The Morgan fingerprint density at radius 3 is 2.10 bits per heavy atom. The molecular formula is C15H29BrO4Si. The van der Waals surface area contributed by atoms with Gasteiger partial charge in [-0.1, -0.05) is 35.6 Å². The first kappa shape index (κ1) is 19.1. The predicted molar refractivity (Wildman–Crippen MR) is 90.7 cm³/mol. The second-order valence-corrected chi connectivity index (χ2v) is 13.7. The maximum atomic E-state index is 11.6. The summed E-state index contributed by atoms with van der Waals surface area (Å²) in [7, 11) is 1.97. The van der Waals surface area contributed by atoms with Gasteiger partial charge in [-0.2, -0.15) is 0 Å². The van der Waals surface area contributed by atoms with E-state index in [4.69, 9.17) is 14.2 Å². The molecule has 0 radical (unpaired) electrons. The Bertz CT molecular complexity index is 345. The minimum absolute atomic E-state index is 0.0666. The largest absolute Gasteiger partial charge is 0.462 e. The van der Waals surface area contributed by atoms with Gasteiger partial charge >= 0.3 is 5.97 Å². The van der Waals surface area contributed by atoms with Crippen LogP contribution in [0.1, 0.15) is 13.3 Å². The Labute approximate surface area is 138 Å². The number of esters is 1. The maximum Gasteiger partial charge on any atom is 0.302 e. The van der Waals surface area contributed by atoms with Gasteiger partial charge < -0.3 is 14.2 Å². The fourth-order valence-electron chi connectivity index (χ4n) is 3.40. The Balaban J connectivity index is 3.10. The molecule has 1 rings (SSSR count). The number of carbonyl (C=O) groups excluding carboxylic acids is 1. The van der Waals surface area contributed by atoms with E-state index in [1.165, 1.54) is 6.92 Å². The maximum absolute atomic E-state index is 11.6. The van der Waals surface area contributed by atoms with Gasteiger partial charge in [-0.05, 0) is 12.0 Å². The molecule has 5 atom stereocenters. The molecule has 0 aromatic heterocycles. The molecule has 0 saturated heterocycles. The number of hydrogen-bond donors (Lipinski definition) is 0. The van der Waals surface area contributed by atoms with Crippen LogP contribution in [0, 0.1) is 11.8 Å². The van der Waals surface area contributed by atoms with Gasteiger partial charge in [0.25, 0.3) is 0 Å². The number of rotatable bonds is 6. The molecule has 0 bridgehead atoms. The molecular weight excluding hydrogens is 352 g/mol. The third kappa shape index (κ3) is 5.05. The van der Waals surface area contributed by atoms with Crippen LogP contribution in [0.2, 0.25) is 25.2 Å². The zero-order chi connectivity index (χ0) is 16.2. The topological polar surface area (TPSA) is 44.8 Å². The molecule has 1 aliphatic carbocycles. The fraction of sp³-hybridized carbons (Fsp3) is 0.933. The molecule has 21 heavy (non-hydrogen) atoms. The molecule has 1 fully saturated rings. The van der Waals surface area contributed by atoms with Crippen LogP contribution in [-0.2, 0) is 19.0 Å². The number of ether oxygens (including phenoxy) is 3. The van der Waals surface area contributed by atoms with Crippen molar-refractivity contribution in [3.63, 3.8) is 0 Å². The van der Waals surface area contributed by atoms with E-state index in [2.05, 4.69) is 35.6 Å². The van der Waals surface area contributed by atoms with Crippen LogP contribution in [0.3, 0.4) is 0 Å². The molecule has 0 aromatic carbocycles. The highest BCUT2D eigenvalue weighted by atomic mass is 79.9. The second kappa shape index (κ2) is 8.08. The average molecular weight is 381 g/mol. The molecule has 0 amide bonds. The van der Waals surface area contributed by atoms with Crippen LogP contribution in [-0.4, -0.2) is 52.4 Å². The van der Waals surface area contributed by atoms with Crippen LogP contribution < -0.4 is 0 Å². The van der Waals surface area contributed by atoms with Crippen LogP contribution in [0.25, 0.3) is 0 Å². The van der Waals surface area contributed by atoms with Gasteiger partial charge in [-0.15, -0.1) is 0 Å². The number of methoxy groups -OCH3 is 2. The minimum atomic E-state index is -1.46. The molecule has 6 heteroatoms. The summed E-state index contributed by atoms with van der Waals surface area (Å²) >= 11 is 3.84. The van der Waals surface area contributed by atoms with Gasteiger partial charge in [0.1, 0.15) is 6.10 Å². The number of halogens is 1. The van der Waals surface area contributed by atoms with Crippen molar-refractivity contribution in [1.82, 2.24) is 0 Å².